The quantitative estimate of drug-likeness (QED) is 0.856. The van der Waals surface area contributed by atoms with Gasteiger partial charge >= 0.3 is 5.97 Å². The van der Waals surface area contributed by atoms with Gasteiger partial charge in [-0.2, -0.15) is 0 Å². The Labute approximate surface area is 97.7 Å². The summed E-state index contributed by atoms with van der Waals surface area (Å²) in [5, 5.41) is 9.12. The van der Waals surface area contributed by atoms with Gasteiger partial charge in [0.2, 0.25) is 0 Å². The third kappa shape index (κ3) is 2.23. The summed E-state index contributed by atoms with van der Waals surface area (Å²) in [4.78, 5) is 18.2. The Morgan fingerprint density at radius 1 is 1.81 bits per heavy atom. The van der Waals surface area contributed by atoms with Crippen molar-refractivity contribution in [1.29, 1.82) is 0 Å². The van der Waals surface area contributed by atoms with E-state index in [1.54, 1.807) is 23.0 Å². The van der Waals surface area contributed by atoms with Crippen LogP contribution in [0.15, 0.2) is 11.7 Å². The molecule has 0 saturated carbocycles. The van der Waals surface area contributed by atoms with Crippen LogP contribution in [0.1, 0.15) is 17.8 Å². The predicted octanol–water partition coefficient (Wildman–Crippen LogP) is 0.990. The van der Waals surface area contributed by atoms with Gasteiger partial charge in [-0.05, 0) is 6.92 Å². The Bertz CT molecular complexity index is 355. The highest BCUT2D eigenvalue weighted by molar-refractivity contribution is 7.09. The van der Waals surface area contributed by atoms with Crippen molar-refractivity contribution < 1.29 is 14.6 Å². The Balaban J connectivity index is 2.14. The summed E-state index contributed by atoms with van der Waals surface area (Å²) in [5.41, 5.74) is 1.77. The fourth-order valence-electron chi connectivity index (χ4n) is 1.89. The fourth-order valence-corrected chi connectivity index (χ4v) is 2.59. The number of thiazole rings is 1. The SMILES string of the molecule is CC(c1cncs1)N1CCOCC1C(=O)O. The van der Waals surface area contributed by atoms with E-state index in [9.17, 15) is 4.79 Å². The molecule has 1 saturated heterocycles. The molecule has 1 fully saturated rings. The number of carbonyl (C=O) groups is 1. The first-order valence-corrected chi connectivity index (χ1v) is 6.03. The molecule has 0 spiro atoms. The zero-order valence-electron chi connectivity index (χ0n) is 9.00. The Hall–Kier alpha value is -0.980. The number of hydrogen-bond acceptors (Lipinski definition) is 5. The first kappa shape index (κ1) is 11.5. The lowest BCUT2D eigenvalue weighted by Gasteiger charge is -2.36. The van der Waals surface area contributed by atoms with Crippen LogP contribution >= 0.6 is 11.3 Å². The second kappa shape index (κ2) is 4.90. The van der Waals surface area contributed by atoms with Crippen LogP contribution in [-0.2, 0) is 9.53 Å². The number of carboxylic acids is 1. The highest BCUT2D eigenvalue weighted by Gasteiger charge is 2.33. The second-order valence-electron chi connectivity index (χ2n) is 3.75. The van der Waals surface area contributed by atoms with Crippen LogP contribution in [0.2, 0.25) is 0 Å². The zero-order valence-corrected chi connectivity index (χ0v) is 9.81. The molecule has 1 aliphatic rings. The van der Waals surface area contributed by atoms with E-state index in [4.69, 9.17) is 9.84 Å². The second-order valence-corrected chi connectivity index (χ2v) is 4.66. The average Bonchev–Trinajstić information content (AvgIpc) is 2.81. The smallest absolute Gasteiger partial charge is 0.323 e. The molecule has 0 radical (unpaired) electrons. The van der Waals surface area contributed by atoms with Crippen molar-refractivity contribution in [2.75, 3.05) is 19.8 Å². The molecule has 2 heterocycles. The number of ether oxygens (including phenoxy) is 1. The minimum absolute atomic E-state index is 0.0810. The van der Waals surface area contributed by atoms with Crippen LogP contribution < -0.4 is 0 Å². The van der Waals surface area contributed by atoms with Gasteiger partial charge in [-0.1, -0.05) is 0 Å². The van der Waals surface area contributed by atoms with E-state index < -0.39 is 12.0 Å². The molecule has 0 aliphatic carbocycles. The molecule has 1 aliphatic heterocycles. The Morgan fingerprint density at radius 3 is 3.25 bits per heavy atom. The molecule has 1 aromatic heterocycles. The molecule has 88 valence electrons. The normalized spacial score (nSPS) is 24.2. The largest absolute Gasteiger partial charge is 0.480 e. The van der Waals surface area contributed by atoms with Crippen LogP contribution in [0.3, 0.4) is 0 Å². The molecule has 1 aromatic rings. The summed E-state index contributed by atoms with van der Waals surface area (Å²) in [5.74, 6) is -0.823. The van der Waals surface area contributed by atoms with E-state index >= 15 is 0 Å². The maximum Gasteiger partial charge on any atom is 0.323 e. The number of hydrogen-bond donors (Lipinski definition) is 1. The van der Waals surface area contributed by atoms with E-state index in [0.717, 1.165) is 4.88 Å². The lowest BCUT2D eigenvalue weighted by Crippen LogP contribution is -2.50. The van der Waals surface area contributed by atoms with Crippen molar-refractivity contribution in [3.63, 3.8) is 0 Å². The minimum Gasteiger partial charge on any atom is -0.480 e. The van der Waals surface area contributed by atoms with Crippen molar-refractivity contribution in [2.45, 2.75) is 19.0 Å². The van der Waals surface area contributed by atoms with E-state index in [1.807, 2.05) is 11.8 Å². The molecule has 0 bridgehead atoms. The molecule has 2 atom stereocenters. The van der Waals surface area contributed by atoms with E-state index in [2.05, 4.69) is 4.98 Å². The number of carboxylic acid groups (broad SMARTS) is 1. The van der Waals surface area contributed by atoms with Crippen molar-refractivity contribution in [2.24, 2.45) is 0 Å². The van der Waals surface area contributed by atoms with Gasteiger partial charge in [-0.15, -0.1) is 11.3 Å². The van der Waals surface area contributed by atoms with Crippen molar-refractivity contribution >= 4 is 17.3 Å². The summed E-state index contributed by atoms with van der Waals surface area (Å²) < 4.78 is 5.21. The number of aliphatic carboxylic acids is 1. The van der Waals surface area contributed by atoms with Crippen molar-refractivity contribution in [3.8, 4) is 0 Å². The maximum atomic E-state index is 11.1. The molecule has 6 heteroatoms. The number of aromatic nitrogens is 1. The molecule has 0 amide bonds. The van der Waals surface area contributed by atoms with Gasteiger partial charge in [-0.25, -0.2) is 0 Å². The molecule has 16 heavy (non-hydrogen) atoms. The molecular weight excluding hydrogens is 228 g/mol. The lowest BCUT2D eigenvalue weighted by atomic mass is 10.1. The first-order valence-electron chi connectivity index (χ1n) is 5.15. The minimum atomic E-state index is -0.823. The topological polar surface area (TPSA) is 62.7 Å². The summed E-state index contributed by atoms with van der Waals surface area (Å²) in [6.07, 6.45) is 1.80. The number of nitrogens with zero attached hydrogens (tertiary/aromatic N) is 2. The molecule has 1 N–H and O–H groups in total. The monoisotopic (exact) mass is 242 g/mol. The van der Waals surface area contributed by atoms with Crippen LogP contribution in [-0.4, -0.2) is 46.8 Å². The van der Waals surface area contributed by atoms with Crippen LogP contribution in [0, 0.1) is 0 Å². The maximum absolute atomic E-state index is 11.1. The lowest BCUT2D eigenvalue weighted by molar-refractivity contribution is -0.151. The standard InChI is InChI=1S/C10H14N2O3S/c1-7(9-4-11-6-16-9)12-2-3-15-5-8(12)10(13)14/h4,6-8H,2-3,5H2,1H3,(H,13,14). The average molecular weight is 242 g/mol. The molecular formula is C10H14N2O3S. The zero-order chi connectivity index (χ0) is 11.5. The highest BCUT2D eigenvalue weighted by Crippen LogP contribution is 2.26. The molecule has 2 unspecified atom stereocenters. The first-order chi connectivity index (χ1) is 7.70. The predicted molar refractivity (Wildman–Crippen MR) is 59.5 cm³/mol. The third-order valence-corrected chi connectivity index (χ3v) is 3.76. The van der Waals surface area contributed by atoms with Gasteiger partial charge in [-0.3, -0.25) is 14.7 Å². The summed E-state index contributed by atoms with van der Waals surface area (Å²) in [6.45, 7) is 3.51. The summed E-state index contributed by atoms with van der Waals surface area (Å²) in [7, 11) is 0. The van der Waals surface area contributed by atoms with Crippen molar-refractivity contribution in [1.82, 2.24) is 9.88 Å². The van der Waals surface area contributed by atoms with E-state index in [1.165, 1.54) is 0 Å². The van der Waals surface area contributed by atoms with E-state index in [0.29, 0.717) is 13.2 Å². The van der Waals surface area contributed by atoms with Crippen LogP contribution in [0.5, 0.6) is 0 Å². The molecule has 0 aromatic carbocycles. The van der Waals surface area contributed by atoms with Gasteiger partial charge in [0.1, 0.15) is 6.04 Å². The van der Waals surface area contributed by atoms with Gasteiger partial charge < -0.3 is 9.84 Å². The number of rotatable bonds is 3. The van der Waals surface area contributed by atoms with Gasteiger partial charge in [0.25, 0.3) is 0 Å². The summed E-state index contributed by atoms with van der Waals surface area (Å²) >= 11 is 1.55. The fraction of sp³-hybridized carbons (Fsp3) is 0.600. The molecule has 5 nitrogen and oxygen atoms in total. The number of morpholine rings is 1. The summed E-state index contributed by atoms with van der Waals surface area (Å²) in [6, 6.07) is -0.469. The van der Waals surface area contributed by atoms with Crippen LogP contribution in [0.4, 0.5) is 0 Å². The van der Waals surface area contributed by atoms with Gasteiger partial charge in [0.15, 0.2) is 0 Å². The Morgan fingerprint density at radius 2 is 2.62 bits per heavy atom. The highest BCUT2D eigenvalue weighted by atomic mass is 32.1. The third-order valence-electron chi connectivity index (χ3n) is 2.82. The van der Waals surface area contributed by atoms with Gasteiger partial charge in [0.05, 0.1) is 18.7 Å². The molecule has 2 rings (SSSR count). The van der Waals surface area contributed by atoms with Crippen molar-refractivity contribution in [3.05, 3.63) is 16.6 Å². The van der Waals surface area contributed by atoms with E-state index in [-0.39, 0.29) is 12.6 Å². The van der Waals surface area contributed by atoms with Gasteiger partial charge in [0, 0.05) is 23.7 Å². The Kier molecular flexibility index (Phi) is 3.52. The van der Waals surface area contributed by atoms with Crippen LogP contribution in [0.25, 0.3) is 0 Å².